The summed E-state index contributed by atoms with van der Waals surface area (Å²) in [6, 6.07) is 6.70. The number of carbonyl (C=O) groups excluding carboxylic acids is 7. The Hall–Kier alpha value is -6.34. The fraction of sp³-hybridized carbons (Fsp3) is 0.463. The number of hydrogen-bond donors (Lipinski definition) is 4. The molecule has 1 aromatic heterocycles. The number of phenols is 1. The number of aliphatic hydroxyl groups is 1. The van der Waals surface area contributed by atoms with E-state index in [9.17, 15) is 48.6 Å². The van der Waals surface area contributed by atoms with Crippen molar-refractivity contribution in [1.82, 2.24) is 9.80 Å². The molecule has 320 valence electrons. The van der Waals surface area contributed by atoms with Crippen molar-refractivity contribution in [1.29, 1.82) is 0 Å². The number of anilines is 2. The highest BCUT2D eigenvalue weighted by atomic mass is 16.6. The van der Waals surface area contributed by atoms with Crippen LogP contribution in [-0.2, 0) is 41.7 Å². The minimum absolute atomic E-state index is 0.00867. The number of ether oxygens (including phenoxy) is 2. The molecule has 3 aromatic rings. The van der Waals surface area contributed by atoms with Gasteiger partial charge in [0.15, 0.2) is 52.8 Å². The van der Waals surface area contributed by atoms with Crippen molar-refractivity contribution in [2.75, 3.05) is 58.6 Å². The van der Waals surface area contributed by atoms with Crippen molar-refractivity contribution in [3.05, 3.63) is 57.8 Å². The van der Waals surface area contributed by atoms with Gasteiger partial charge in [-0.3, -0.25) is 38.6 Å². The Kier molecular flexibility index (Phi) is 12.1. The standard InChI is InChI=1S/C41H47N5O14/c1-7-8-13-46(39(54)58-18-26-35(60-40(55)59-26)19-9-11-21(57-6)12-10-19)17-27(47)43-24-16-25(44(2)3)22-14-20-15-23-31(45(4)5)34(50)30(38(42)53)37(52)41(23,56)36(51)28(20)33(49)29(22)32(24)48/h9-12,16,20,23,28,30-31,48,56H,7-8,13-15,17-18H2,1-6H3,(H2,42,53)(H,43,47)/t20?,23?,28?,30?,31-,41-/m0/s1. The average Bonchev–Trinajstić information content (AvgIpc) is 3.57. The third-order valence-electron chi connectivity index (χ3n) is 11.5. The van der Waals surface area contributed by atoms with Gasteiger partial charge in [-0.05, 0) is 75.2 Å². The molecule has 0 spiro atoms. The Morgan fingerprint density at radius 1 is 1.02 bits per heavy atom. The van der Waals surface area contributed by atoms with E-state index in [2.05, 4.69) is 5.32 Å². The van der Waals surface area contributed by atoms with Crippen LogP contribution in [0.4, 0.5) is 16.2 Å². The van der Waals surface area contributed by atoms with Crippen molar-refractivity contribution in [3.63, 3.8) is 0 Å². The number of unbranched alkanes of at least 4 members (excludes halogenated alkanes) is 1. The number of amides is 3. The molecule has 3 aliphatic carbocycles. The molecule has 0 aliphatic heterocycles. The zero-order valence-corrected chi connectivity index (χ0v) is 33.9. The van der Waals surface area contributed by atoms with Gasteiger partial charge in [-0.15, -0.1) is 0 Å². The van der Waals surface area contributed by atoms with E-state index >= 15 is 0 Å². The first kappa shape index (κ1) is 43.2. The van der Waals surface area contributed by atoms with Crippen LogP contribution in [0.3, 0.4) is 0 Å². The summed E-state index contributed by atoms with van der Waals surface area (Å²) in [5, 5.41) is 26.1. The highest BCUT2D eigenvalue weighted by Gasteiger charge is 2.69. The summed E-state index contributed by atoms with van der Waals surface area (Å²) in [5.41, 5.74) is 3.13. The van der Waals surface area contributed by atoms with E-state index in [1.54, 1.807) is 43.3 Å². The van der Waals surface area contributed by atoms with E-state index in [1.165, 1.54) is 32.2 Å². The smallest absolute Gasteiger partial charge is 0.505 e. The van der Waals surface area contributed by atoms with Gasteiger partial charge in [0.25, 0.3) is 0 Å². The van der Waals surface area contributed by atoms with Crippen LogP contribution in [0.1, 0.15) is 47.9 Å². The lowest BCUT2D eigenvalue weighted by Gasteiger charge is -2.52. The molecule has 2 aromatic carbocycles. The molecular formula is C41H47N5O14. The Morgan fingerprint density at radius 2 is 1.70 bits per heavy atom. The molecule has 6 atom stereocenters. The number of nitrogens with two attached hydrogens (primary N) is 1. The highest BCUT2D eigenvalue weighted by molar-refractivity contribution is 6.32. The molecule has 60 heavy (non-hydrogen) atoms. The van der Waals surface area contributed by atoms with Crippen molar-refractivity contribution in [2.45, 2.75) is 50.9 Å². The molecule has 19 nitrogen and oxygen atoms in total. The van der Waals surface area contributed by atoms with E-state index in [4.69, 9.17) is 24.0 Å². The summed E-state index contributed by atoms with van der Waals surface area (Å²) in [7, 11) is 7.82. The predicted octanol–water partition coefficient (Wildman–Crippen LogP) is 1.53. The van der Waals surface area contributed by atoms with Crippen LogP contribution in [0.2, 0.25) is 0 Å². The normalized spacial score (nSPS) is 23.4. The van der Waals surface area contributed by atoms with Gasteiger partial charge in [-0.1, -0.05) is 13.3 Å². The topological polar surface area (TPSA) is 270 Å². The van der Waals surface area contributed by atoms with Crippen LogP contribution in [-0.4, -0.2) is 121 Å². The first-order chi connectivity index (χ1) is 28.3. The quantitative estimate of drug-likeness (QED) is 0.140. The van der Waals surface area contributed by atoms with Crippen LogP contribution in [0, 0.1) is 23.7 Å². The summed E-state index contributed by atoms with van der Waals surface area (Å²) in [6.07, 6.45) is 0.0548. The van der Waals surface area contributed by atoms with Gasteiger partial charge < -0.3 is 44.5 Å². The number of Topliss-reactive ketones (excluding diaryl/α,β-unsaturated/α-hetero) is 4. The van der Waals surface area contributed by atoms with Gasteiger partial charge in [0.1, 0.15) is 18.0 Å². The first-order valence-electron chi connectivity index (χ1n) is 19.2. The maximum absolute atomic E-state index is 14.4. The summed E-state index contributed by atoms with van der Waals surface area (Å²) in [6.45, 7) is 0.851. The van der Waals surface area contributed by atoms with E-state index in [-0.39, 0.29) is 42.2 Å². The van der Waals surface area contributed by atoms with Crippen LogP contribution in [0.5, 0.6) is 11.5 Å². The first-order valence-corrected chi connectivity index (χ1v) is 19.2. The fourth-order valence-corrected chi connectivity index (χ4v) is 8.68. The third-order valence-corrected chi connectivity index (χ3v) is 11.5. The minimum Gasteiger partial charge on any atom is -0.505 e. The molecular weight excluding hydrogens is 786 g/mol. The largest absolute Gasteiger partial charge is 0.519 e. The lowest BCUT2D eigenvalue weighted by atomic mass is 9.52. The number of benzene rings is 2. The SMILES string of the molecule is CCCCN(CC(=O)Nc1cc(N(C)C)c2c(c1O)C(=O)C1C(=O)[C@]3(O)C(=O)C(C(N)=O)C(=O)[C@@H](N(C)C)C3CC1C2)C(=O)OCc1oc(=O)oc1-c1ccc(OC)cc1. The summed E-state index contributed by atoms with van der Waals surface area (Å²) >= 11 is 0. The van der Waals surface area contributed by atoms with Gasteiger partial charge in [-0.25, -0.2) is 9.59 Å². The second kappa shape index (κ2) is 16.7. The molecule has 0 radical (unpaired) electrons. The van der Waals surface area contributed by atoms with Crippen LogP contribution >= 0.6 is 0 Å². The van der Waals surface area contributed by atoms with E-state index in [1.807, 2.05) is 6.92 Å². The Morgan fingerprint density at radius 3 is 2.30 bits per heavy atom. The minimum atomic E-state index is -2.90. The van der Waals surface area contributed by atoms with Gasteiger partial charge in [0.2, 0.25) is 11.8 Å². The van der Waals surface area contributed by atoms with Gasteiger partial charge in [0.05, 0.1) is 30.3 Å². The molecule has 19 heteroatoms. The van der Waals surface area contributed by atoms with E-state index in [0.29, 0.717) is 35.4 Å². The third kappa shape index (κ3) is 7.53. The van der Waals surface area contributed by atoms with Crippen molar-refractivity contribution in [3.8, 4) is 22.8 Å². The number of fused-ring (bicyclic) bond motifs is 3. The number of methoxy groups -OCH3 is 1. The number of nitrogens with one attached hydrogen (secondary N) is 1. The number of rotatable bonds is 13. The van der Waals surface area contributed by atoms with Crippen LogP contribution in [0.25, 0.3) is 11.3 Å². The molecule has 3 amide bonds. The summed E-state index contributed by atoms with van der Waals surface area (Å²) in [5.74, 6) is -13.6. The Labute approximate surface area is 343 Å². The van der Waals surface area contributed by atoms with Crippen molar-refractivity contribution in [2.24, 2.45) is 29.4 Å². The maximum Gasteiger partial charge on any atom is 0.519 e. The molecule has 0 saturated heterocycles. The monoisotopic (exact) mass is 833 g/mol. The predicted molar refractivity (Wildman–Crippen MR) is 210 cm³/mol. The number of aromatic hydroxyl groups is 1. The average molecular weight is 834 g/mol. The van der Waals surface area contributed by atoms with Gasteiger partial charge in [-0.2, -0.15) is 0 Å². The number of carbonyl (C=O) groups is 7. The number of primary amides is 1. The maximum atomic E-state index is 14.4. The lowest BCUT2D eigenvalue weighted by Crippen LogP contribution is -2.74. The second-order valence-corrected chi connectivity index (χ2v) is 15.6. The van der Waals surface area contributed by atoms with Gasteiger partial charge in [0, 0.05) is 37.8 Å². The molecule has 3 aliphatic rings. The van der Waals surface area contributed by atoms with Crippen LogP contribution in [0.15, 0.2) is 44.0 Å². The van der Waals surface area contributed by atoms with Crippen LogP contribution < -0.4 is 26.5 Å². The van der Waals surface area contributed by atoms with Crippen molar-refractivity contribution >= 4 is 52.4 Å². The molecule has 0 bridgehead atoms. The molecule has 6 rings (SSSR count). The van der Waals surface area contributed by atoms with E-state index in [0.717, 1.165) is 4.90 Å². The molecule has 2 saturated carbocycles. The number of phenolic OH excluding ortho intramolecular Hbond substituents is 1. The number of ketones is 4. The Balaban J connectivity index is 1.25. The van der Waals surface area contributed by atoms with E-state index < -0.39 is 101 Å². The number of likely N-dealkylation sites (N-methyl/N-ethyl adjacent to an activating group) is 1. The number of nitrogens with zero attached hydrogens (tertiary/aromatic N) is 3. The van der Waals surface area contributed by atoms with Crippen molar-refractivity contribution < 1.29 is 62.1 Å². The molecule has 2 fully saturated rings. The fourth-order valence-electron chi connectivity index (χ4n) is 8.68. The van der Waals surface area contributed by atoms with Gasteiger partial charge >= 0.3 is 11.9 Å². The summed E-state index contributed by atoms with van der Waals surface area (Å²) < 4.78 is 20.9. The summed E-state index contributed by atoms with van der Waals surface area (Å²) in [4.78, 5) is 111. The molecule has 5 N–H and O–H groups in total. The Bertz CT molecular complexity index is 2310. The zero-order chi connectivity index (χ0) is 44.0. The highest BCUT2D eigenvalue weighted by Crippen LogP contribution is 2.52. The second-order valence-electron chi connectivity index (χ2n) is 15.6. The zero-order valence-electron chi connectivity index (χ0n) is 33.9. The molecule has 1 heterocycles. The lowest BCUT2D eigenvalue weighted by molar-refractivity contribution is -0.181. The molecule has 4 unspecified atom stereocenters. The number of hydrogen-bond acceptors (Lipinski definition) is 16.